The van der Waals surface area contributed by atoms with Gasteiger partial charge in [0, 0.05) is 40.7 Å². The van der Waals surface area contributed by atoms with Gasteiger partial charge >= 0.3 is 0 Å². The number of benzene rings is 1. The van der Waals surface area contributed by atoms with E-state index in [-0.39, 0.29) is 0 Å². The Kier molecular flexibility index (Phi) is 3.95. The van der Waals surface area contributed by atoms with E-state index in [1.165, 1.54) is 0 Å². The Labute approximate surface area is 133 Å². The largest absolute Gasteiger partial charge is 0.326 e. The molecule has 0 aliphatic rings. The molecule has 0 radical (unpaired) electrons. The average Bonchev–Trinajstić information content (AvgIpc) is 2.79. The van der Waals surface area contributed by atoms with E-state index >= 15 is 0 Å². The van der Waals surface area contributed by atoms with Crippen molar-refractivity contribution in [3.63, 3.8) is 0 Å². The molecule has 0 unspecified atom stereocenters. The van der Waals surface area contributed by atoms with Crippen LogP contribution >= 0.6 is 23.2 Å². The second-order valence-corrected chi connectivity index (χ2v) is 5.73. The van der Waals surface area contributed by atoms with Gasteiger partial charge in [0.05, 0.1) is 5.69 Å². The van der Waals surface area contributed by atoms with Gasteiger partial charge in [0.2, 0.25) is 0 Å². The van der Waals surface area contributed by atoms with Gasteiger partial charge < -0.3 is 4.57 Å². The van der Waals surface area contributed by atoms with Gasteiger partial charge in [-0.3, -0.25) is 4.98 Å². The molecule has 0 fully saturated rings. The van der Waals surface area contributed by atoms with Crippen molar-refractivity contribution < 1.29 is 0 Å². The van der Waals surface area contributed by atoms with Crippen molar-refractivity contribution in [2.45, 2.75) is 13.5 Å². The maximum Gasteiger partial charge on any atom is 0.142 e. The smallest absolute Gasteiger partial charge is 0.142 e. The van der Waals surface area contributed by atoms with E-state index in [4.69, 9.17) is 23.2 Å². The third-order valence-corrected chi connectivity index (χ3v) is 3.53. The van der Waals surface area contributed by atoms with E-state index < -0.39 is 0 Å². The fourth-order valence-corrected chi connectivity index (χ4v) is 2.86. The van der Waals surface area contributed by atoms with Crippen molar-refractivity contribution in [2.24, 2.45) is 0 Å². The number of nitrogens with zero attached hydrogens (tertiary/aromatic N) is 3. The highest BCUT2D eigenvalue weighted by Crippen LogP contribution is 2.23. The summed E-state index contributed by atoms with van der Waals surface area (Å²) in [5.41, 5.74) is 2.98. The molecule has 3 aromatic rings. The second kappa shape index (κ2) is 5.88. The zero-order valence-corrected chi connectivity index (χ0v) is 12.9. The minimum absolute atomic E-state index is 0.636. The van der Waals surface area contributed by atoms with E-state index in [9.17, 15) is 0 Å². The minimum Gasteiger partial charge on any atom is -0.326 e. The number of pyridine rings is 1. The minimum atomic E-state index is 0.636. The predicted molar refractivity (Wildman–Crippen MR) is 85.8 cm³/mol. The molecule has 2 heterocycles. The van der Waals surface area contributed by atoms with Crippen molar-refractivity contribution in [2.75, 3.05) is 0 Å². The highest BCUT2D eigenvalue weighted by atomic mass is 35.5. The lowest BCUT2D eigenvalue weighted by atomic mass is 10.2. The summed E-state index contributed by atoms with van der Waals surface area (Å²) in [5, 5.41) is 1.27. The number of imidazole rings is 1. The van der Waals surface area contributed by atoms with Crippen LogP contribution in [0.25, 0.3) is 11.4 Å². The number of rotatable bonds is 3. The van der Waals surface area contributed by atoms with Crippen molar-refractivity contribution in [3.05, 3.63) is 70.2 Å². The molecule has 0 N–H and O–H groups in total. The van der Waals surface area contributed by atoms with E-state index in [2.05, 4.69) is 14.5 Å². The molecule has 5 heteroatoms. The number of aryl methyl sites for hydroxylation is 1. The Hall–Kier alpha value is -1.84. The maximum atomic E-state index is 6.06. The predicted octanol–water partition coefficient (Wildman–Crippen LogP) is 4.61. The Bertz CT molecular complexity index is 746. The first-order valence-corrected chi connectivity index (χ1v) is 7.26. The Morgan fingerprint density at radius 3 is 2.57 bits per heavy atom. The average molecular weight is 318 g/mol. The molecule has 0 aliphatic heterocycles. The van der Waals surface area contributed by atoms with Crippen LogP contribution in [0, 0.1) is 6.92 Å². The number of aromatic nitrogens is 3. The second-order valence-electron chi connectivity index (χ2n) is 4.85. The fraction of sp³-hybridized carbons (Fsp3) is 0.125. The summed E-state index contributed by atoms with van der Waals surface area (Å²) < 4.78 is 2.08. The third-order valence-electron chi connectivity index (χ3n) is 3.09. The van der Waals surface area contributed by atoms with Gasteiger partial charge in [-0.05, 0) is 42.8 Å². The van der Waals surface area contributed by atoms with Gasteiger partial charge in [0.25, 0.3) is 0 Å². The summed E-state index contributed by atoms with van der Waals surface area (Å²) in [6, 6.07) is 9.45. The molecule has 0 aliphatic carbocycles. The number of hydrogen-bond acceptors (Lipinski definition) is 2. The first kappa shape index (κ1) is 14.1. The van der Waals surface area contributed by atoms with E-state index in [1.54, 1.807) is 12.3 Å². The molecule has 21 heavy (non-hydrogen) atoms. The number of hydrogen-bond donors (Lipinski definition) is 0. The Morgan fingerprint density at radius 2 is 1.90 bits per heavy atom. The molecule has 3 rings (SSSR count). The lowest BCUT2D eigenvalue weighted by Gasteiger charge is -2.08. The molecule has 3 nitrogen and oxygen atoms in total. The van der Waals surface area contributed by atoms with Crippen LogP contribution in [0.15, 0.2) is 48.9 Å². The van der Waals surface area contributed by atoms with E-state index in [1.807, 2.05) is 43.6 Å². The lowest BCUT2D eigenvalue weighted by molar-refractivity contribution is 0.806. The van der Waals surface area contributed by atoms with E-state index in [0.29, 0.717) is 16.6 Å². The van der Waals surface area contributed by atoms with Crippen LogP contribution < -0.4 is 0 Å². The first-order chi connectivity index (χ1) is 10.1. The summed E-state index contributed by atoms with van der Waals surface area (Å²) in [4.78, 5) is 8.73. The summed E-state index contributed by atoms with van der Waals surface area (Å²) in [5.74, 6) is 0.886. The first-order valence-electron chi connectivity index (χ1n) is 6.51. The Balaban J connectivity index is 1.99. The zero-order valence-electron chi connectivity index (χ0n) is 11.4. The van der Waals surface area contributed by atoms with Crippen molar-refractivity contribution in [1.82, 2.24) is 14.5 Å². The molecule has 2 aromatic heterocycles. The quantitative estimate of drug-likeness (QED) is 0.706. The van der Waals surface area contributed by atoms with Crippen LogP contribution in [0.5, 0.6) is 0 Å². The van der Waals surface area contributed by atoms with Crippen LogP contribution in [-0.4, -0.2) is 14.5 Å². The van der Waals surface area contributed by atoms with Crippen LogP contribution in [0.2, 0.25) is 10.0 Å². The van der Waals surface area contributed by atoms with Crippen LogP contribution in [0.3, 0.4) is 0 Å². The van der Waals surface area contributed by atoms with Crippen molar-refractivity contribution in [3.8, 4) is 11.4 Å². The van der Waals surface area contributed by atoms with Gasteiger partial charge in [0.15, 0.2) is 0 Å². The molecule has 0 atom stereocenters. The summed E-state index contributed by atoms with van der Waals surface area (Å²) >= 11 is 12.1. The molecule has 0 spiro atoms. The monoisotopic (exact) mass is 317 g/mol. The standard InChI is InChI=1S/C16H13Cl2N3/c1-11-9-21(10-12-5-14(17)7-15(18)6-12)16(20-11)13-3-2-4-19-8-13/h2-9H,10H2,1H3. The molecule has 0 saturated heterocycles. The van der Waals surface area contributed by atoms with Crippen molar-refractivity contribution in [1.29, 1.82) is 0 Å². The summed E-state index contributed by atoms with van der Waals surface area (Å²) in [6.07, 6.45) is 5.57. The van der Waals surface area contributed by atoms with Gasteiger partial charge in [-0.25, -0.2) is 4.98 Å². The number of halogens is 2. The van der Waals surface area contributed by atoms with Crippen LogP contribution in [0.1, 0.15) is 11.3 Å². The molecule has 1 aromatic carbocycles. The summed E-state index contributed by atoms with van der Waals surface area (Å²) in [6.45, 7) is 2.63. The van der Waals surface area contributed by atoms with Gasteiger partial charge in [-0.1, -0.05) is 23.2 Å². The van der Waals surface area contributed by atoms with Gasteiger partial charge in [0.1, 0.15) is 5.82 Å². The van der Waals surface area contributed by atoms with Gasteiger partial charge in [-0.2, -0.15) is 0 Å². The van der Waals surface area contributed by atoms with Crippen LogP contribution in [0.4, 0.5) is 0 Å². The molecular formula is C16H13Cl2N3. The SMILES string of the molecule is Cc1cn(Cc2cc(Cl)cc(Cl)c2)c(-c2cccnc2)n1. The molecule has 0 bridgehead atoms. The van der Waals surface area contributed by atoms with Crippen molar-refractivity contribution >= 4 is 23.2 Å². The molecular weight excluding hydrogens is 305 g/mol. The highest BCUT2D eigenvalue weighted by Gasteiger charge is 2.09. The maximum absolute atomic E-state index is 6.06. The topological polar surface area (TPSA) is 30.7 Å². The fourth-order valence-electron chi connectivity index (χ4n) is 2.29. The van der Waals surface area contributed by atoms with E-state index in [0.717, 1.165) is 22.6 Å². The summed E-state index contributed by atoms with van der Waals surface area (Å²) in [7, 11) is 0. The lowest BCUT2D eigenvalue weighted by Crippen LogP contribution is -2.01. The third kappa shape index (κ3) is 3.26. The molecule has 0 saturated carbocycles. The van der Waals surface area contributed by atoms with Gasteiger partial charge in [-0.15, -0.1) is 0 Å². The van der Waals surface area contributed by atoms with Crippen LogP contribution in [-0.2, 0) is 6.54 Å². The molecule has 106 valence electrons. The normalized spacial score (nSPS) is 10.8. The molecule has 0 amide bonds. The zero-order chi connectivity index (χ0) is 14.8. The highest BCUT2D eigenvalue weighted by molar-refractivity contribution is 6.34. The Morgan fingerprint density at radius 1 is 1.14 bits per heavy atom.